The Labute approximate surface area is 135 Å². The number of hydrazine groups is 1. The molecule has 1 aliphatic heterocycles. The maximum absolute atomic E-state index is 9.45. The van der Waals surface area contributed by atoms with Gasteiger partial charge in [0, 0.05) is 18.7 Å². The Morgan fingerprint density at radius 3 is 2.78 bits per heavy atom. The van der Waals surface area contributed by atoms with Crippen molar-refractivity contribution in [1.82, 2.24) is 15.8 Å². The predicted octanol–water partition coefficient (Wildman–Crippen LogP) is 2.46. The molecule has 0 aliphatic carbocycles. The lowest BCUT2D eigenvalue weighted by Gasteiger charge is -2.16. The second-order valence-corrected chi connectivity index (χ2v) is 5.35. The highest BCUT2D eigenvalue weighted by Crippen LogP contribution is 2.29. The molecule has 1 aromatic carbocycles. The van der Waals surface area contributed by atoms with Crippen LogP contribution in [0.3, 0.4) is 0 Å². The first-order valence-electron chi connectivity index (χ1n) is 7.47. The smallest absolute Gasteiger partial charge is 0.118 e. The van der Waals surface area contributed by atoms with Crippen LogP contribution in [-0.4, -0.2) is 18.6 Å². The van der Waals surface area contributed by atoms with Gasteiger partial charge in [0.15, 0.2) is 0 Å². The number of benzene rings is 1. The van der Waals surface area contributed by atoms with E-state index in [0.717, 1.165) is 17.9 Å². The quantitative estimate of drug-likeness (QED) is 0.849. The Morgan fingerprint density at radius 1 is 1.30 bits per heavy atom. The Morgan fingerprint density at radius 2 is 2.13 bits per heavy atom. The number of nitrogens with zero attached hydrogens (tertiary/aromatic N) is 2. The molecule has 1 aliphatic rings. The molecule has 2 atom stereocenters. The van der Waals surface area contributed by atoms with Gasteiger partial charge in [-0.1, -0.05) is 24.3 Å². The molecule has 2 N–H and O–H groups in total. The van der Waals surface area contributed by atoms with Gasteiger partial charge in [-0.25, -0.2) is 5.43 Å². The summed E-state index contributed by atoms with van der Waals surface area (Å²) in [6, 6.07) is 15.9. The number of allylic oxidation sites excluding steroid dienone is 1. The van der Waals surface area contributed by atoms with Crippen molar-refractivity contribution in [1.29, 1.82) is 5.26 Å². The SMILES string of the molecule is COc1ccc(C2NNCC2/C=C(/C#N)c2ccccn2)cc1. The zero-order valence-electron chi connectivity index (χ0n) is 12.9. The minimum Gasteiger partial charge on any atom is -0.497 e. The molecular weight excluding hydrogens is 288 g/mol. The van der Waals surface area contributed by atoms with Crippen LogP contribution in [0.25, 0.3) is 5.57 Å². The molecule has 1 saturated heterocycles. The van der Waals surface area contributed by atoms with Crippen LogP contribution in [0.15, 0.2) is 54.7 Å². The summed E-state index contributed by atoms with van der Waals surface area (Å²) >= 11 is 0. The largest absolute Gasteiger partial charge is 0.497 e. The summed E-state index contributed by atoms with van der Waals surface area (Å²) in [5.74, 6) is 0.998. The van der Waals surface area contributed by atoms with Gasteiger partial charge in [-0.3, -0.25) is 10.4 Å². The van der Waals surface area contributed by atoms with Crippen LogP contribution in [0.2, 0.25) is 0 Å². The topological polar surface area (TPSA) is 70.0 Å². The third-order valence-corrected chi connectivity index (χ3v) is 3.94. The molecule has 2 aromatic rings. The standard InChI is InChI=1S/C18H18N4O/c1-23-16-7-5-13(6-8-16)18-15(12-21-22-18)10-14(11-19)17-4-2-3-9-20-17/h2-10,15,18,21-22H,12H2,1H3/b14-10-. The molecule has 0 saturated carbocycles. The zero-order chi connectivity index (χ0) is 16.1. The summed E-state index contributed by atoms with van der Waals surface area (Å²) in [4.78, 5) is 4.26. The molecule has 0 spiro atoms. The van der Waals surface area contributed by atoms with Crippen molar-refractivity contribution in [2.24, 2.45) is 5.92 Å². The van der Waals surface area contributed by atoms with Crippen molar-refractivity contribution < 1.29 is 4.74 Å². The molecule has 0 radical (unpaired) electrons. The van der Waals surface area contributed by atoms with Gasteiger partial charge in [0.1, 0.15) is 11.8 Å². The van der Waals surface area contributed by atoms with Crippen molar-refractivity contribution in [3.63, 3.8) is 0 Å². The lowest BCUT2D eigenvalue weighted by atomic mass is 9.92. The van der Waals surface area contributed by atoms with Gasteiger partial charge in [0.05, 0.1) is 24.4 Å². The number of nitrogens with one attached hydrogen (secondary N) is 2. The van der Waals surface area contributed by atoms with E-state index in [1.165, 1.54) is 0 Å². The number of hydrogen-bond donors (Lipinski definition) is 2. The van der Waals surface area contributed by atoms with Crippen molar-refractivity contribution in [2.45, 2.75) is 6.04 Å². The molecule has 0 amide bonds. The Hall–Kier alpha value is -2.68. The molecule has 116 valence electrons. The van der Waals surface area contributed by atoms with Crippen molar-refractivity contribution >= 4 is 5.57 Å². The van der Waals surface area contributed by atoms with Gasteiger partial charge in [0.25, 0.3) is 0 Å². The van der Waals surface area contributed by atoms with E-state index in [4.69, 9.17) is 4.74 Å². The summed E-state index contributed by atoms with van der Waals surface area (Å²) in [5, 5.41) is 9.45. The lowest BCUT2D eigenvalue weighted by molar-refractivity contribution is 0.414. The third-order valence-electron chi connectivity index (χ3n) is 3.94. The molecule has 0 bridgehead atoms. The van der Waals surface area contributed by atoms with E-state index in [1.807, 2.05) is 48.5 Å². The van der Waals surface area contributed by atoms with E-state index < -0.39 is 0 Å². The van der Waals surface area contributed by atoms with Gasteiger partial charge >= 0.3 is 0 Å². The molecule has 1 aromatic heterocycles. The average molecular weight is 306 g/mol. The molecule has 23 heavy (non-hydrogen) atoms. The van der Waals surface area contributed by atoms with Crippen molar-refractivity contribution in [3.05, 3.63) is 66.0 Å². The average Bonchev–Trinajstić information content (AvgIpc) is 3.08. The molecular formula is C18H18N4O. The zero-order valence-corrected chi connectivity index (χ0v) is 12.9. The van der Waals surface area contributed by atoms with Crippen LogP contribution in [0.1, 0.15) is 17.3 Å². The fourth-order valence-electron chi connectivity index (χ4n) is 2.72. The van der Waals surface area contributed by atoms with Crippen LogP contribution in [0.4, 0.5) is 0 Å². The molecule has 5 heteroatoms. The van der Waals surface area contributed by atoms with E-state index in [2.05, 4.69) is 21.9 Å². The number of hydrogen-bond acceptors (Lipinski definition) is 5. The number of aromatic nitrogens is 1. The fraction of sp³-hybridized carbons (Fsp3) is 0.222. The van der Waals surface area contributed by atoms with Gasteiger partial charge in [0.2, 0.25) is 0 Å². The van der Waals surface area contributed by atoms with Gasteiger partial charge in [-0.05, 0) is 29.8 Å². The normalized spacial score (nSPS) is 21.0. The summed E-state index contributed by atoms with van der Waals surface area (Å²) in [6.45, 7) is 0.759. The van der Waals surface area contributed by atoms with Crippen LogP contribution in [0.5, 0.6) is 5.75 Å². The minimum atomic E-state index is 0.105. The first kappa shape index (κ1) is 15.2. The van der Waals surface area contributed by atoms with Crippen LogP contribution in [0, 0.1) is 17.2 Å². The summed E-state index contributed by atoms with van der Waals surface area (Å²) in [7, 11) is 1.65. The van der Waals surface area contributed by atoms with E-state index in [0.29, 0.717) is 11.3 Å². The number of pyridine rings is 1. The van der Waals surface area contributed by atoms with Crippen LogP contribution < -0.4 is 15.6 Å². The molecule has 5 nitrogen and oxygen atoms in total. The van der Waals surface area contributed by atoms with Gasteiger partial charge in [-0.15, -0.1) is 0 Å². The summed E-state index contributed by atoms with van der Waals surface area (Å²) in [5.41, 5.74) is 8.90. The van der Waals surface area contributed by atoms with E-state index in [9.17, 15) is 5.26 Å². The molecule has 2 unspecified atom stereocenters. The number of ether oxygens (including phenoxy) is 1. The van der Waals surface area contributed by atoms with Gasteiger partial charge < -0.3 is 4.74 Å². The van der Waals surface area contributed by atoms with Crippen LogP contribution >= 0.6 is 0 Å². The van der Waals surface area contributed by atoms with E-state index in [-0.39, 0.29) is 12.0 Å². The highest BCUT2D eigenvalue weighted by molar-refractivity contribution is 5.74. The maximum Gasteiger partial charge on any atom is 0.118 e. The minimum absolute atomic E-state index is 0.105. The second-order valence-electron chi connectivity index (χ2n) is 5.35. The Kier molecular flexibility index (Phi) is 4.67. The fourth-order valence-corrected chi connectivity index (χ4v) is 2.72. The second kappa shape index (κ2) is 7.05. The summed E-state index contributed by atoms with van der Waals surface area (Å²) in [6.07, 6.45) is 3.69. The van der Waals surface area contributed by atoms with Crippen LogP contribution in [-0.2, 0) is 0 Å². The lowest BCUT2D eigenvalue weighted by Crippen LogP contribution is -2.24. The monoisotopic (exact) mass is 306 g/mol. The molecule has 3 rings (SSSR count). The van der Waals surface area contributed by atoms with Crippen molar-refractivity contribution in [2.75, 3.05) is 13.7 Å². The maximum atomic E-state index is 9.45. The Bertz CT molecular complexity index is 719. The Balaban J connectivity index is 1.86. The van der Waals surface area contributed by atoms with E-state index in [1.54, 1.807) is 13.3 Å². The highest BCUT2D eigenvalue weighted by Gasteiger charge is 2.27. The number of methoxy groups -OCH3 is 1. The molecule has 1 fully saturated rings. The van der Waals surface area contributed by atoms with Crippen molar-refractivity contribution in [3.8, 4) is 11.8 Å². The van der Waals surface area contributed by atoms with E-state index >= 15 is 0 Å². The first-order valence-corrected chi connectivity index (χ1v) is 7.47. The third kappa shape index (κ3) is 3.39. The first-order chi connectivity index (χ1) is 11.3. The number of rotatable bonds is 4. The highest BCUT2D eigenvalue weighted by atomic mass is 16.5. The predicted molar refractivity (Wildman–Crippen MR) is 88.2 cm³/mol. The summed E-state index contributed by atoms with van der Waals surface area (Å²) < 4.78 is 5.20. The number of nitriles is 1. The molecule has 2 heterocycles. The van der Waals surface area contributed by atoms with Gasteiger partial charge in [-0.2, -0.15) is 5.26 Å².